The Kier molecular flexibility index (Phi) is 4.66. The van der Waals surface area contributed by atoms with E-state index in [4.69, 9.17) is 4.52 Å². The number of nitrogens with one attached hydrogen (secondary N) is 2. The first-order chi connectivity index (χ1) is 8.74. The zero-order chi connectivity index (χ0) is 12.8. The molecule has 1 aliphatic heterocycles. The molecule has 0 spiro atoms. The number of amides is 1. The largest absolute Gasteiger partial charge is 0.348 e. The maximum absolute atomic E-state index is 11.7. The lowest BCUT2D eigenvalue weighted by atomic mass is 10.4. The smallest absolute Gasteiger partial charge is 0.234 e. The van der Waals surface area contributed by atoms with Gasteiger partial charge in [-0.3, -0.25) is 9.69 Å². The van der Waals surface area contributed by atoms with Crippen LogP contribution in [0.4, 0.5) is 0 Å². The van der Waals surface area contributed by atoms with E-state index in [9.17, 15) is 4.79 Å². The molecule has 0 atom stereocenters. The second kappa shape index (κ2) is 6.46. The van der Waals surface area contributed by atoms with Crippen molar-refractivity contribution in [2.24, 2.45) is 0 Å². The molecule has 1 fully saturated rings. The number of carbonyl (C=O) groups excluding carboxylic acids is 1. The molecule has 7 heteroatoms. The highest BCUT2D eigenvalue weighted by molar-refractivity contribution is 5.77. The molecular weight excluding hydrogens is 234 g/mol. The summed E-state index contributed by atoms with van der Waals surface area (Å²) in [5.74, 6) is 1.02. The molecular formula is C11H19N5O2. The summed E-state index contributed by atoms with van der Waals surface area (Å²) < 4.78 is 4.83. The minimum atomic E-state index is -0.000599. The number of hydrogen-bond donors (Lipinski definition) is 2. The molecule has 0 aromatic carbocycles. The fraction of sp³-hybridized carbons (Fsp3) is 0.727. The monoisotopic (exact) mass is 253 g/mol. The fourth-order valence-electron chi connectivity index (χ4n) is 1.91. The van der Waals surface area contributed by atoms with Gasteiger partial charge in [-0.1, -0.05) is 5.16 Å². The number of hydrogen-bond acceptors (Lipinski definition) is 6. The first kappa shape index (κ1) is 13.0. The highest BCUT2D eigenvalue weighted by Crippen LogP contribution is 1.96. The van der Waals surface area contributed by atoms with E-state index < -0.39 is 0 Å². The van der Waals surface area contributed by atoms with Gasteiger partial charge in [-0.2, -0.15) is 4.98 Å². The molecule has 0 bridgehead atoms. The molecule has 0 aliphatic carbocycles. The number of aromatic nitrogens is 2. The Morgan fingerprint density at radius 3 is 3.17 bits per heavy atom. The Hall–Kier alpha value is -1.47. The summed E-state index contributed by atoms with van der Waals surface area (Å²) in [5, 5.41) is 9.82. The summed E-state index contributed by atoms with van der Waals surface area (Å²) in [6.45, 7) is 6.32. The van der Waals surface area contributed by atoms with Gasteiger partial charge in [0.15, 0.2) is 5.82 Å². The van der Waals surface area contributed by atoms with Gasteiger partial charge >= 0.3 is 0 Å². The zero-order valence-electron chi connectivity index (χ0n) is 10.6. The lowest BCUT2D eigenvalue weighted by molar-refractivity contribution is -0.122. The zero-order valence-corrected chi connectivity index (χ0v) is 10.6. The summed E-state index contributed by atoms with van der Waals surface area (Å²) in [4.78, 5) is 17.9. The lowest BCUT2D eigenvalue weighted by Gasteiger charge is -2.18. The van der Waals surface area contributed by atoms with Crippen molar-refractivity contribution in [3.63, 3.8) is 0 Å². The van der Waals surface area contributed by atoms with E-state index >= 15 is 0 Å². The van der Waals surface area contributed by atoms with Crippen LogP contribution in [-0.4, -0.2) is 53.7 Å². The van der Waals surface area contributed by atoms with Crippen LogP contribution in [0, 0.1) is 6.92 Å². The number of nitrogens with zero attached hydrogens (tertiary/aromatic N) is 3. The molecule has 0 radical (unpaired) electrons. The molecule has 1 aromatic heterocycles. The first-order valence-corrected chi connectivity index (χ1v) is 6.23. The average Bonchev–Trinajstić information content (AvgIpc) is 2.60. The third-order valence-electron chi connectivity index (χ3n) is 2.81. The highest BCUT2D eigenvalue weighted by atomic mass is 16.5. The van der Waals surface area contributed by atoms with Gasteiger partial charge in [-0.05, 0) is 19.5 Å². The van der Waals surface area contributed by atoms with Gasteiger partial charge in [0.2, 0.25) is 11.8 Å². The van der Waals surface area contributed by atoms with Gasteiger partial charge < -0.3 is 15.2 Å². The molecule has 0 unspecified atom stereocenters. The molecule has 1 aliphatic rings. The van der Waals surface area contributed by atoms with Crippen LogP contribution in [0.5, 0.6) is 0 Å². The molecule has 7 nitrogen and oxygen atoms in total. The van der Waals surface area contributed by atoms with Crippen molar-refractivity contribution in [1.82, 2.24) is 25.7 Å². The summed E-state index contributed by atoms with van der Waals surface area (Å²) in [6, 6.07) is 0. The Labute approximate surface area is 106 Å². The summed E-state index contributed by atoms with van der Waals surface area (Å²) in [6.07, 6.45) is 1.08. The Morgan fingerprint density at radius 1 is 1.50 bits per heavy atom. The van der Waals surface area contributed by atoms with Crippen LogP contribution in [0.3, 0.4) is 0 Å². The van der Waals surface area contributed by atoms with Crippen molar-refractivity contribution in [1.29, 1.82) is 0 Å². The van der Waals surface area contributed by atoms with E-state index in [1.807, 2.05) is 0 Å². The van der Waals surface area contributed by atoms with Gasteiger partial charge in [-0.15, -0.1) is 0 Å². The molecule has 2 heterocycles. The topological polar surface area (TPSA) is 83.3 Å². The third-order valence-corrected chi connectivity index (χ3v) is 2.81. The van der Waals surface area contributed by atoms with E-state index in [0.717, 1.165) is 32.6 Å². The molecule has 2 rings (SSSR count). The van der Waals surface area contributed by atoms with Crippen LogP contribution in [0.25, 0.3) is 0 Å². The molecule has 100 valence electrons. The van der Waals surface area contributed by atoms with Crippen molar-refractivity contribution in [2.75, 3.05) is 32.7 Å². The van der Waals surface area contributed by atoms with Crippen LogP contribution in [0.1, 0.15) is 18.1 Å². The number of carbonyl (C=O) groups is 1. The normalized spacial score (nSPS) is 17.4. The van der Waals surface area contributed by atoms with Crippen LogP contribution in [0.15, 0.2) is 4.52 Å². The summed E-state index contributed by atoms with van der Waals surface area (Å²) >= 11 is 0. The third kappa shape index (κ3) is 4.08. The van der Waals surface area contributed by atoms with Crippen LogP contribution in [0.2, 0.25) is 0 Å². The van der Waals surface area contributed by atoms with Crippen molar-refractivity contribution in [3.05, 3.63) is 11.7 Å². The van der Waals surface area contributed by atoms with Gasteiger partial charge in [0.05, 0.1) is 13.1 Å². The SMILES string of the molecule is Cc1nc(CNC(=O)CN2CCCNCC2)no1. The quantitative estimate of drug-likeness (QED) is 0.737. The first-order valence-electron chi connectivity index (χ1n) is 6.23. The van der Waals surface area contributed by atoms with E-state index in [0.29, 0.717) is 24.8 Å². The van der Waals surface area contributed by atoms with E-state index in [1.54, 1.807) is 6.92 Å². The summed E-state index contributed by atoms with van der Waals surface area (Å²) in [7, 11) is 0. The minimum absolute atomic E-state index is 0.000599. The predicted octanol–water partition coefficient (Wildman–Crippen LogP) is -0.710. The lowest BCUT2D eigenvalue weighted by Crippen LogP contribution is -2.38. The van der Waals surface area contributed by atoms with Crippen LogP contribution >= 0.6 is 0 Å². The predicted molar refractivity (Wildman–Crippen MR) is 64.8 cm³/mol. The van der Waals surface area contributed by atoms with E-state index in [2.05, 4.69) is 25.7 Å². The van der Waals surface area contributed by atoms with Crippen LogP contribution < -0.4 is 10.6 Å². The average molecular weight is 253 g/mol. The Morgan fingerprint density at radius 2 is 2.39 bits per heavy atom. The molecule has 2 N–H and O–H groups in total. The molecule has 1 aromatic rings. The maximum atomic E-state index is 11.7. The maximum Gasteiger partial charge on any atom is 0.234 e. The minimum Gasteiger partial charge on any atom is -0.348 e. The van der Waals surface area contributed by atoms with Crippen molar-refractivity contribution in [2.45, 2.75) is 19.9 Å². The molecule has 18 heavy (non-hydrogen) atoms. The molecule has 1 saturated heterocycles. The summed E-state index contributed by atoms with van der Waals surface area (Å²) in [5.41, 5.74) is 0. The fourth-order valence-corrected chi connectivity index (χ4v) is 1.91. The Balaban J connectivity index is 1.71. The second-order valence-electron chi connectivity index (χ2n) is 4.39. The van der Waals surface area contributed by atoms with Gasteiger partial charge in [0.1, 0.15) is 0 Å². The van der Waals surface area contributed by atoms with Gasteiger partial charge in [0.25, 0.3) is 0 Å². The Bertz CT molecular complexity index is 385. The molecule has 1 amide bonds. The van der Waals surface area contributed by atoms with E-state index in [-0.39, 0.29) is 5.91 Å². The highest BCUT2D eigenvalue weighted by Gasteiger charge is 2.13. The van der Waals surface area contributed by atoms with Gasteiger partial charge in [-0.25, -0.2) is 0 Å². The van der Waals surface area contributed by atoms with Gasteiger partial charge in [0, 0.05) is 20.0 Å². The second-order valence-corrected chi connectivity index (χ2v) is 4.39. The number of rotatable bonds is 4. The van der Waals surface area contributed by atoms with Crippen molar-refractivity contribution >= 4 is 5.91 Å². The molecule has 0 saturated carbocycles. The van der Waals surface area contributed by atoms with Crippen molar-refractivity contribution < 1.29 is 9.32 Å². The van der Waals surface area contributed by atoms with E-state index in [1.165, 1.54) is 0 Å². The van der Waals surface area contributed by atoms with Crippen LogP contribution in [-0.2, 0) is 11.3 Å². The van der Waals surface area contributed by atoms with Crippen molar-refractivity contribution in [3.8, 4) is 0 Å². The standard InChI is InChI=1S/C11H19N5O2/c1-9-14-10(15-18-9)7-13-11(17)8-16-5-2-3-12-4-6-16/h12H,2-8H2,1H3,(H,13,17). The number of aryl methyl sites for hydroxylation is 1.